The Bertz CT molecular complexity index is 1050. The first kappa shape index (κ1) is 19.4. The molecule has 0 atom stereocenters. The number of carbonyl (C=O) groups excluding carboxylic acids is 1. The van der Waals surface area contributed by atoms with Crippen molar-refractivity contribution in [3.63, 3.8) is 0 Å². The smallest absolute Gasteiger partial charge is 0.262 e. The number of thiophene rings is 1. The van der Waals surface area contributed by atoms with E-state index in [-0.39, 0.29) is 29.5 Å². The maximum absolute atomic E-state index is 13.8. The van der Waals surface area contributed by atoms with Crippen molar-refractivity contribution in [3.8, 4) is 5.75 Å². The van der Waals surface area contributed by atoms with Crippen molar-refractivity contribution < 1.29 is 13.9 Å². The Morgan fingerprint density at radius 1 is 1.41 bits per heavy atom. The number of amides is 1. The summed E-state index contributed by atoms with van der Waals surface area (Å²) in [6.07, 6.45) is 0. The highest BCUT2D eigenvalue weighted by atomic mass is 32.2. The van der Waals surface area contributed by atoms with Gasteiger partial charge in [-0.25, -0.2) is 9.37 Å². The Labute approximate surface area is 163 Å². The van der Waals surface area contributed by atoms with Crippen molar-refractivity contribution in [2.24, 2.45) is 7.05 Å². The zero-order valence-electron chi connectivity index (χ0n) is 15.1. The predicted octanol–water partition coefficient (Wildman–Crippen LogP) is 2.89. The summed E-state index contributed by atoms with van der Waals surface area (Å²) >= 11 is 2.60. The van der Waals surface area contributed by atoms with Crippen LogP contribution in [0.25, 0.3) is 10.2 Å². The number of hydrogen-bond acceptors (Lipinski definition) is 6. The van der Waals surface area contributed by atoms with Gasteiger partial charge in [-0.3, -0.25) is 14.2 Å². The summed E-state index contributed by atoms with van der Waals surface area (Å²) in [4.78, 5) is 31.3. The summed E-state index contributed by atoms with van der Waals surface area (Å²) in [7, 11) is 4.70. The molecule has 0 aliphatic rings. The van der Waals surface area contributed by atoms with E-state index in [4.69, 9.17) is 4.74 Å². The van der Waals surface area contributed by atoms with Gasteiger partial charge in [0.1, 0.15) is 4.83 Å². The summed E-state index contributed by atoms with van der Waals surface area (Å²) in [6.45, 7) is 0.274. The minimum Gasteiger partial charge on any atom is -0.494 e. The third kappa shape index (κ3) is 4.14. The Kier molecular flexibility index (Phi) is 5.81. The van der Waals surface area contributed by atoms with Crippen LogP contribution in [0, 0.1) is 5.82 Å². The predicted molar refractivity (Wildman–Crippen MR) is 105 cm³/mol. The number of hydrogen-bond donors (Lipinski definition) is 0. The monoisotopic (exact) mass is 407 g/mol. The molecule has 0 N–H and O–H groups in total. The number of halogens is 1. The lowest BCUT2D eigenvalue weighted by atomic mass is 10.2. The van der Waals surface area contributed by atoms with Crippen molar-refractivity contribution >= 4 is 39.2 Å². The van der Waals surface area contributed by atoms with E-state index >= 15 is 0 Å². The summed E-state index contributed by atoms with van der Waals surface area (Å²) in [5, 5.41) is 2.89. The van der Waals surface area contributed by atoms with Crippen LogP contribution in [0.3, 0.4) is 0 Å². The number of fused-ring (bicyclic) bond motifs is 1. The molecule has 0 spiro atoms. The van der Waals surface area contributed by atoms with Gasteiger partial charge in [0.05, 0.1) is 18.2 Å². The van der Waals surface area contributed by atoms with Crippen molar-refractivity contribution in [2.75, 3.05) is 19.9 Å². The van der Waals surface area contributed by atoms with Gasteiger partial charge in [-0.1, -0.05) is 17.8 Å². The number of carbonyl (C=O) groups is 1. The summed E-state index contributed by atoms with van der Waals surface area (Å²) in [5.41, 5.74) is 0.540. The molecule has 3 aromatic rings. The third-order valence-corrected chi connectivity index (χ3v) is 5.87. The molecule has 0 saturated heterocycles. The number of rotatable bonds is 6. The molecule has 27 heavy (non-hydrogen) atoms. The molecular weight excluding hydrogens is 389 g/mol. The summed E-state index contributed by atoms with van der Waals surface area (Å²) < 4.78 is 20.1. The number of ether oxygens (including phenoxy) is 1. The number of aromatic nitrogens is 2. The van der Waals surface area contributed by atoms with Crippen LogP contribution in [0.15, 0.2) is 39.6 Å². The zero-order chi connectivity index (χ0) is 19.6. The molecular formula is C18H18FN3O3S2. The molecule has 2 aromatic heterocycles. The van der Waals surface area contributed by atoms with E-state index in [1.807, 2.05) is 5.38 Å². The molecule has 6 nitrogen and oxygen atoms in total. The topological polar surface area (TPSA) is 64.4 Å². The van der Waals surface area contributed by atoms with Gasteiger partial charge < -0.3 is 9.64 Å². The number of thioether (sulfide) groups is 1. The molecule has 0 radical (unpaired) electrons. The molecule has 0 unspecified atom stereocenters. The number of benzene rings is 1. The molecule has 1 amide bonds. The van der Waals surface area contributed by atoms with Crippen LogP contribution >= 0.6 is 23.1 Å². The normalized spacial score (nSPS) is 11.0. The molecule has 142 valence electrons. The van der Waals surface area contributed by atoms with E-state index < -0.39 is 5.82 Å². The highest BCUT2D eigenvalue weighted by molar-refractivity contribution is 7.99. The first-order valence-corrected chi connectivity index (χ1v) is 9.90. The first-order valence-electron chi connectivity index (χ1n) is 8.04. The fraction of sp³-hybridized carbons (Fsp3) is 0.278. The Hall–Kier alpha value is -2.39. The largest absolute Gasteiger partial charge is 0.494 e. The van der Waals surface area contributed by atoms with Gasteiger partial charge >= 0.3 is 0 Å². The van der Waals surface area contributed by atoms with Crippen molar-refractivity contribution in [3.05, 3.63) is 51.4 Å². The van der Waals surface area contributed by atoms with Crippen LogP contribution in [-0.2, 0) is 18.4 Å². The molecule has 2 heterocycles. The maximum atomic E-state index is 13.8. The molecule has 0 fully saturated rings. The lowest BCUT2D eigenvalue weighted by Gasteiger charge is -2.17. The molecule has 0 bridgehead atoms. The van der Waals surface area contributed by atoms with Crippen LogP contribution in [0.2, 0.25) is 0 Å². The van der Waals surface area contributed by atoms with Gasteiger partial charge in [0.25, 0.3) is 5.56 Å². The molecule has 0 aliphatic heterocycles. The Morgan fingerprint density at radius 2 is 2.19 bits per heavy atom. The van der Waals surface area contributed by atoms with Gasteiger partial charge in [0.15, 0.2) is 16.7 Å². The second-order valence-corrected chi connectivity index (χ2v) is 7.74. The lowest BCUT2D eigenvalue weighted by molar-refractivity contribution is -0.127. The fourth-order valence-electron chi connectivity index (χ4n) is 2.52. The second-order valence-electron chi connectivity index (χ2n) is 5.91. The van der Waals surface area contributed by atoms with Crippen molar-refractivity contribution in [1.82, 2.24) is 14.5 Å². The van der Waals surface area contributed by atoms with E-state index in [0.29, 0.717) is 20.9 Å². The molecule has 1 aromatic carbocycles. The minimum absolute atomic E-state index is 0.127. The standard InChI is InChI=1S/C18H18FN3O3S2/c1-21(9-11-4-5-14(25-3)13(19)8-11)15(23)10-27-18-20-16-12(6-7-26-16)17(24)22(18)2/h4-8H,9-10H2,1-3H3. The molecule has 0 aliphatic carbocycles. The summed E-state index contributed by atoms with van der Waals surface area (Å²) in [5.74, 6) is -0.309. The lowest BCUT2D eigenvalue weighted by Crippen LogP contribution is -2.28. The zero-order valence-corrected chi connectivity index (χ0v) is 16.7. The quantitative estimate of drug-likeness (QED) is 0.464. The SMILES string of the molecule is COc1ccc(CN(C)C(=O)CSc2nc3sccc3c(=O)n2C)cc1F. The van der Waals surface area contributed by atoms with E-state index in [1.165, 1.54) is 51.8 Å². The highest BCUT2D eigenvalue weighted by Crippen LogP contribution is 2.21. The summed E-state index contributed by atoms with van der Waals surface area (Å²) in [6, 6.07) is 6.35. The maximum Gasteiger partial charge on any atom is 0.262 e. The molecule has 9 heteroatoms. The van der Waals surface area contributed by atoms with Crippen molar-refractivity contribution in [1.29, 1.82) is 0 Å². The third-order valence-electron chi connectivity index (χ3n) is 4.05. The van der Waals surface area contributed by atoms with Crippen LogP contribution < -0.4 is 10.3 Å². The van der Waals surface area contributed by atoms with E-state index in [0.717, 1.165) is 0 Å². The van der Waals surface area contributed by atoms with E-state index in [2.05, 4.69) is 4.98 Å². The Balaban J connectivity index is 1.66. The average molecular weight is 407 g/mol. The van der Waals surface area contributed by atoms with Crippen LogP contribution in [0.4, 0.5) is 4.39 Å². The van der Waals surface area contributed by atoms with Crippen LogP contribution in [0.5, 0.6) is 5.75 Å². The first-order chi connectivity index (χ1) is 12.9. The van der Waals surface area contributed by atoms with Gasteiger partial charge in [0, 0.05) is 20.6 Å². The molecule has 3 rings (SSSR count). The van der Waals surface area contributed by atoms with Crippen LogP contribution in [0.1, 0.15) is 5.56 Å². The van der Waals surface area contributed by atoms with Gasteiger partial charge in [0.2, 0.25) is 5.91 Å². The van der Waals surface area contributed by atoms with Gasteiger partial charge in [-0.05, 0) is 29.1 Å². The van der Waals surface area contributed by atoms with Gasteiger partial charge in [-0.15, -0.1) is 11.3 Å². The molecule has 0 saturated carbocycles. The number of nitrogens with zero attached hydrogens (tertiary/aromatic N) is 3. The average Bonchev–Trinajstić information content (AvgIpc) is 3.12. The van der Waals surface area contributed by atoms with E-state index in [1.54, 1.807) is 26.2 Å². The highest BCUT2D eigenvalue weighted by Gasteiger charge is 2.15. The Morgan fingerprint density at radius 3 is 2.89 bits per heavy atom. The van der Waals surface area contributed by atoms with Crippen LogP contribution in [-0.4, -0.2) is 40.3 Å². The van der Waals surface area contributed by atoms with E-state index in [9.17, 15) is 14.0 Å². The number of methoxy groups -OCH3 is 1. The van der Waals surface area contributed by atoms with Crippen molar-refractivity contribution in [2.45, 2.75) is 11.7 Å². The second kappa shape index (κ2) is 8.10. The minimum atomic E-state index is -0.464. The van der Waals surface area contributed by atoms with Gasteiger partial charge in [-0.2, -0.15) is 0 Å². The fourth-order valence-corrected chi connectivity index (χ4v) is 4.23.